The van der Waals surface area contributed by atoms with Crippen molar-refractivity contribution in [1.82, 2.24) is 10.2 Å². The Morgan fingerprint density at radius 3 is 2.36 bits per heavy atom. The van der Waals surface area contributed by atoms with E-state index < -0.39 is 6.04 Å². The van der Waals surface area contributed by atoms with Crippen molar-refractivity contribution in [3.05, 3.63) is 35.4 Å². The Kier molecular flexibility index (Phi) is 6.59. The molecule has 2 atom stereocenters. The molecular weight excluding hydrogens is 314 g/mol. The lowest BCUT2D eigenvalue weighted by molar-refractivity contribution is -0.135. The van der Waals surface area contributed by atoms with E-state index in [0.717, 1.165) is 18.4 Å². The van der Waals surface area contributed by atoms with Crippen LogP contribution in [0, 0.1) is 18.8 Å². The highest BCUT2D eigenvalue weighted by atomic mass is 16.2. The third kappa shape index (κ3) is 5.05. The van der Waals surface area contributed by atoms with Crippen LogP contribution in [0.5, 0.6) is 0 Å². The van der Waals surface area contributed by atoms with Crippen LogP contribution in [0.1, 0.15) is 49.5 Å². The molecule has 1 aromatic carbocycles. The van der Waals surface area contributed by atoms with E-state index in [9.17, 15) is 9.59 Å². The van der Waals surface area contributed by atoms with Gasteiger partial charge < -0.3 is 16.0 Å². The van der Waals surface area contributed by atoms with Gasteiger partial charge in [-0.15, -0.1) is 0 Å². The van der Waals surface area contributed by atoms with Crippen LogP contribution in [0.15, 0.2) is 24.3 Å². The maximum atomic E-state index is 12.9. The van der Waals surface area contributed by atoms with Crippen molar-refractivity contribution >= 4 is 11.8 Å². The van der Waals surface area contributed by atoms with E-state index in [-0.39, 0.29) is 23.8 Å². The van der Waals surface area contributed by atoms with Gasteiger partial charge in [0.15, 0.2) is 0 Å². The molecule has 25 heavy (non-hydrogen) atoms. The standard InChI is InChI=1S/C20H31N3O2/c1-13(2)18(22-19(24)17-7-5-6-14(3)12-17)20(25)23-10-8-16(9-11-23)15(4)21/h5-7,12-13,15-16,18H,8-11,21H2,1-4H3,(H,22,24). The summed E-state index contributed by atoms with van der Waals surface area (Å²) in [5, 5.41) is 2.94. The van der Waals surface area contributed by atoms with Crippen molar-refractivity contribution in [2.24, 2.45) is 17.6 Å². The van der Waals surface area contributed by atoms with Crippen molar-refractivity contribution in [3.63, 3.8) is 0 Å². The van der Waals surface area contributed by atoms with Crippen LogP contribution >= 0.6 is 0 Å². The number of rotatable bonds is 5. The minimum atomic E-state index is -0.500. The van der Waals surface area contributed by atoms with Gasteiger partial charge in [0, 0.05) is 24.7 Å². The Morgan fingerprint density at radius 1 is 1.20 bits per heavy atom. The van der Waals surface area contributed by atoms with Crippen molar-refractivity contribution in [2.45, 2.75) is 52.6 Å². The Labute approximate surface area is 151 Å². The van der Waals surface area contributed by atoms with Gasteiger partial charge in [0.1, 0.15) is 6.04 Å². The third-order valence-electron chi connectivity index (χ3n) is 5.09. The van der Waals surface area contributed by atoms with Gasteiger partial charge in [-0.2, -0.15) is 0 Å². The normalized spacial score (nSPS) is 18.1. The first kappa shape index (κ1) is 19.4. The van der Waals surface area contributed by atoms with Crippen LogP contribution in [0.2, 0.25) is 0 Å². The second-order valence-corrected chi connectivity index (χ2v) is 7.59. The molecule has 2 unspecified atom stereocenters. The number of nitrogens with one attached hydrogen (secondary N) is 1. The van der Waals surface area contributed by atoms with Gasteiger partial charge in [0.2, 0.25) is 5.91 Å². The average molecular weight is 345 g/mol. The van der Waals surface area contributed by atoms with Gasteiger partial charge in [0.05, 0.1) is 0 Å². The molecule has 0 saturated carbocycles. The zero-order valence-electron chi connectivity index (χ0n) is 15.8. The summed E-state index contributed by atoms with van der Waals surface area (Å²) in [6.45, 7) is 9.34. The fraction of sp³-hybridized carbons (Fsp3) is 0.600. The first-order chi connectivity index (χ1) is 11.8. The summed E-state index contributed by atoms with van der Waals surface area (Å²) in [5.74, 6) is 0.330. The van der Waals surface area contributed by atoms with E-state index >= 15 is 0 Å². The number of hydrogen-bond donors (Lipinski definition) is 2. The molecule has 0 spiro atoms. The van der Waals surface area contributed by atoms with E-state index in [2.05, 4.69) is 5.32 Å². The van der Waals surface area contributed by atoms with Crippen LogP contribution in [-0.2, 0) is 4.79 Å². The highest BCUT2D eigenvalue weighted by Gasteiger charge is 2.32. The summed E-state index contributed by atoms with van der Waals surface area (Å²) in [6.07, 6.45) is 1.86. The molecule has 0 aliphatic carbocycles. The molecule has 1 aromatic rings. The number of benzene rings is 1. The largest absolute Gasteiger partial charge is 0.341 e. The number of hydrogen-bond acceptors (Lipinski definition) is 3. The van der Waals surface area contributed by atoms with Crippen LogP contribution < -0.4 is 11.1 Å². The van der Waals surface area contributed by atoms with Gasteiger partial charge in [-0.05, 0) is 50.7 Å². The Hall–Kier alpha value is -1.88. The summed E-state index contributed by atoms with van der Waals surface area (Å²) < 4.78 is 0. The van der Waals surface area contributed by atoms with Crippen molar-refractivity contribution in [1.29, 1.82) is 0 Å². The van der Waals surface area contributed by atoms with Crippen LogP contribution in [0.3, 0.4) is 0 Å². The first-order valence-corrected chi connectivity index (χ1v) is 9.21. The fourth-order valence-electron chi connectivity index (χ4n) is 3.37. The zero-order valence-corrected chi connectivity index (χ0v) is 15.8. The molecule has 138 valence electrons. The van der Waals surface area contributed by atoms with Crippen molar-refractivity contribution < 1.29 is 9.59 Å². The zero-order chi connectivity index (χ0) is 18.6. The number of aryl methyl sites for hydroxylation is 1. The number of carbonyl (C=O) groups excluding carboxylic acids is 2. The molecular formula is C20H31N3O2. The monoisotopic (exact) mass is 345 g/mol. The minimum absolute atomic E-state index is 0.0131. The summed E-state index contributed by atoms with van der Waals surface area (Å²) in [6, 6.07) is 7.09. The highest BCUT2D eigenvalue weighted by molar-refractivity contribution is 5.97. The second kappa shape index (κ2) is 8.48. The van der Waals surface area contributed by atoms with Gasteiger partial charge in [-0.1, -0.05) is 31.5 Å². The predicted octanol–water partition coefficient (Wildman–Crippen LogP) is 2.34. The molecule has 0 aromatic heterocycles. The Morgan fingerprint density at radius 2 is 1.84 bits per heavy atom. The van der Waals surface area contributed by atoms with E-state index in [1.807, 2.05) is 50.8 Å². The molecule has 0 bridgehead atoms. The molecule has 5 heteroatoms. The number of nitrogens with zero attached hydrogens (tertiary/aromatic N) is 1. The predicted molar refractivity (Wildman–Crippen MR) is 100 cm³/mol. The van der Waals surface area contributed by atoms with E-state index in [1.54, 1.807) is 6.07 Å². The van der Waals surface area contributed by atoms with Gasteiger partial charge in [-0.3, -0.25) is 9.59 Å². The Bertz CT molecular complexity index is 605. The number of nitrogens with two attached hydrogens (primary N) is 1. The van der Waals surface area contributed by atoms with E-state index in [4.69, 9.17) is 5.73 Å². The molecule has 1 aliphatic heterocycles. The van der Waals surface area contributed by atoms with Crippen molar-refractivity contribution in [2.75, 3.05) is 13.1 Å². The number of piperidine rings is 1. The lowest BCUT2D eigenvalue weighted by Gasteiger charge is -2.36. The second-order valence-electron chi connectivity index (χ2n) is 7.59. The van der Waals surface area contributed by atoms with E-state index in [0.29, 0.717) is 24.6 Å². The molecule has 2 rings (SSSR count). The SMILES string of the molecule is Cc1cccc(C(=O)NC(C(=O)N2CCC(C(C)N)CC2)C(C)C)c1. The molecule has 2 amide bonds. The van der Waals surface area contributed by atoms with Crippen LogP contribution in [-0.4, -0.2) is 41.9 Å². The van der Waals surface area contributed by atoms with Gasteiger partial charge >= 0.3 is 0 Å². The molecule has 0 radical (unpaired) electrons. The van der Waals surface area contributed by atoms with E-state index in [1.165, 1.54) is 0 Å². The molecule has 1 fully saturated rings. The molecule has 5 nitrogen and oxygen atoms in total. The smallest absolute Gasteiger partial charge is 0.251 e. The van der Waals surface area contributed by atoms with Crippen LogP contribution in [0.25, 0.3) is 0 Å². The topological polar surface area (TPSA) is 75.4 Å². The molecule has 3 N–H and O–H groups in total. The van der Waals surface area contributed by atoms with Gasteiger partial charge in [0.25, 0.3) is 5.91 Å². The lowest BCUT2D eigenvalue weighted by atomic mass is 9.90. The summed E-state index contributed by atoms with van der Waals surface area (Å²) in [4.78, 5) is 27.3. The van der Waals surface area contributed by atoms with Gasteiger partial charge in [-0.25, -0.2) is 0 Å². The first-order valence-electron chi connectivity index (χ1n) is 9.21. The highest BCUT2D eigenvalue weighted by Crippen LogP contribution is 2.21. The quantitative estimate of drug-likeness (QED) is 0.860. The molecule has 1 aliphatic rings. The summed E-state index contributed by atoms with van der Waals surface area (Å²) in [7, 11) is 0. The average Bonchev–Trinajstić information content (AvgIpc) is 2.58. The number of amides is 2. The molecule has 1 saturated heterocycles. The minimum Gasteiger partial charge on any atom is -0.341 e. The maximum absolute atomic E-state index is 12.9. The number of carbonyl (C=O) groups is 2. The third-order valence-corrected chi connectivity index (χ3v) is 5.09. The lowest BCUT2D eigenvalue weighted by Crippen LogP contribution is -2.53. The van der Waals surface area contributed by atoms with Crippen molar-refractivity contribution in [3.8, 4) is 0 Å². The number of likely N-dealkylation sites (tertiary alicyclic amines) is 1. The molecule has 1 heterocycles. The summed E-state index contributed by atoms with van der Waals surface area (Å²) in [5.41, 5.74) is 7.60. The Balaban J connectivity index is 2.03. The fourth-order valence-corrected chi connectivity index (χ4v) is 3.37. The summed E-state index contributed by atoms with van der Waals surface area (Å²) >= 11 is 0. The van der Waals surface area contributed by atoms with Crippen LogP contribution in [0.4, 0.5) is 0 Å². The maximum Gasteiger partial charge on any atom is 0.251 e.